The lowest BCUT2D eigenvalue weighted by Gasteiger charge is -2.09. The first-order chi connectivity index (χ1) is 8.63. The number of carbonyl (C=O) groups is 1. The van der Waals surface area contributed by atoms with Gasteiger partial charge in [0.2, 0.25) is 5.56 Å². The molecule has 1 aromatic heterocycles. The lowest BCUT2D eigenvalue weighted by atomic mass is 9.97. The average molecular weight is 245 g/mol. The number of pyridine rings is 1. The van der Waals surface area contributed by atoms with Gasteiger partial charge in [0.25, 0.3) is 0 Å². The van der Waals surface area contributed by atoms with Gasteiger partial charge in [0.1, 0.15) is 0 Å². The minimum atomic E-state index is -1.18. The molecule has 0 unspecified atom stereocenters. The maximum absolute atomic E-state index is 11.2. The number of hydrogen-bond acceptors (Lipinski definition) is 3. The van der Waals surface area contributed by atoms with Gasteiger partial charge in [-0.3, -0.25) is 4.79 Å². The lowest BCUT2D eigenvalue weighted by Crippen LogP contribution is -2.11. The molecule has 0 amide bonds. The molecule has 0 saturated carbocycles. The molecule has 18 heavy (non-hydrogen) atoms. The largest absolute Gasteiger partial charge is 0.478 e. The third kappa shape index (κ3) is 2.16. The number of nitrogens with one attached hydrogen (secondary N) is 1. The standard InChI is InChI=1S/C13H11NO4/c15-7-8-3-1-2-4-9(8)11-6-14-12(16)5-10(11)13(17)18/h1-6,15H,7H2,(H,14,16)(H,17,18). The van der Waals surface area contributed by atoms with Crippen LogP contribution in [0.5, 0.6) is 0 Å². The number of aliphatic hydroxyl groups excluding tert-OH is 1. The molecule has 0 spiro atoms. The summed E-state index contributed by atoms with van der Waals surface area (Å²) in [7, 11) is 0. The van der Waals surface area contributed by atoms with Crippen molar-refractivity contribution >= 4 is 5.97 Å². The van der Waals surface area contributed by atoms with Crippen LogP contribution in [-0.4, -0.2) is 21.2 Å². The van der Waals surface area contributed by atoms with Gasteiger partial charge in [0, 0.05) is 17.8 Å². The van der Waals surface area contributed by atoms with Gasteiger partial charge in [-0.2, -0.15) is 0 Å². The number of hydrogen-bond donors (Lipinski definition) is 3. The van der Waals surface area contributed by atoms with Crippen molar-refractivity contribution in [1.82, 2.24) is 4.98 Å². The van der Waals surface area contributed by atoms with Crippen molar-refractivity contribution in [2.45, 2.75) is 6.61 Å². The predicted octanol–water partition coefficient (Wildman–Crippen LogP) is 1.23. The van der Waals surface area contributed by atoms with E-state index in [1.165, 1.54) is 6.20 Å². The van der Waals surface area contributed by atoms with Crippen molar-refractivity contribution in [3.05, 3.63) is 58.0 Å². The van der Waals surface area contributed by atoms with Crippen LogP contribution in [0.15, 0.2) is 41.3 Å². The van der Waals surface area contributed by atoms with Crippen LogP contribution in [0.1, 0.15) is 15.9 Å². The first-order valence-electron chi connectivity index (χ1n) is 5.28. The summed E-state index contributed by atoms with van der Waals surface area (Å²) >= 11 is 0. The van der Waals surface area contributed by atoms with Crippen LogP contribution in [0.2, 0.25) is 0 Å². The van der Waals surface area contributed by atoms with Crippen molar-refractivity contribution in [1.29, 1.82) is 0 Å². The molecule has 5 heteroatoms. The molecule has 0 aliphatic rings. The van der Waals surface area contributed by atoms with E-state index in [1.54, 1.807) is 24.3 Å². The van der Waals surface area contributed by atoms with Gasteiger partial charge in [-0.25, -0.2) is 4.79 Å². The van der Waals surface area contributed by atoms with Crippen molar-refractivity contribution in [3.63, 3.8) is 0 Å². The quantitative estimate of drug-likeness (QED) is 0.758. The molecule has 0 aliphatic heterocycles. The molecule has 2 rings (SSSR count). The Bertz CT molecular complexity index is 645. The van der Waals surface area contributed by atoms with Gasteiger partial charge in [-0.1, -0.05) is 24.3 Å². The Hall–Kier alpha value is -2.40. The molecule has 0 radical (unpaired) electrons. The number of carboxylic acids is 1. The van der Waals surface area contributed by atoms with Crippen molar-refractivity contribution in [3.8, 4) is 11.1 Å². The van der Waals surface area contributed by atoms with E-state index >= 15 is 0 Å². The van der Waals surface area contributed by atoms with Crippen LogP contribution < -0.4 is 5.56 Å². The maximum Gasteiger partial charge on any atom is 0.336 e. The summed E-state index contributed by atoms with van der Waals surface area (Å²) in [6.07, 6.45) is 1.35. The molecule has 0 bridgehead atoms. The second-order valence-electron chi connectivity index (χ2n) is 3.75. The average Bonchev–Trinajstić information content (AvgIpc) is 2.38. The fourth-order valence-electron chi connectivity index (χ4n) is 1.79. The molecule has 0 saturated heterocycles. The van der Waals surface area contributed by atoms with E-state index in [-0.39, 0.29) is 12.2 Å². The van der Waals surface area contributed by atoms with Crippen molar-refractivity contribution in [2.24, 2.45) is 0 Å². The molecule has 3 N–H and O–H groups in total. The summed E-state index contributed by atoms with van der Waals surface area (Å²) in [6, 6.07) is 7.93. The second-order valence-corrected chi connectivity index (χ2v) is 3.75. The molecule has 2 aromatic rings. The normalized spacial score (nSPS) is 10.3. The van der Waals surface area contributed by atoms with Crippen LogP contribution in [0.4, 0.5) is 0 Å². The molecule has 0 aliphatic carbocycles. The zero-order chi connectivity index (χ0) is 13.1. The summed E-state index contributed by atoms with van der Waals surface area (Å²) in [5.41, 5.74) is 1.02. The van der Waals surface area contributed by atoms with E-state index in [9.17, 15) is 14.7 Å². The van der Waals surface area contributed by atoms with E-state index in [2.05, 4.69) is 4.98 Å². The molecule has 92 valence electrons. The summed E-state index contributed by atoms with van der Waals surface area (Å²) < 4.78 is 0. The summed E-state index contributed by atoms with van der Waals surface area (Å²) in [5, 5.41) is 18.3. The summed E-state index contributed by atoms with van der Waals surface area (Å²) in [4.78, 5) is 24.7. The van der Waals surface area contributed by atoms with Crippen LogP contribution in [-0.2, 0) is 6.61 Å². The highest BCUT2D eigenvalue weighted by Gasteiger charge is 2.14. The first kappa shape index (κ1) is 12.1. The molecule has 0 fully saturated rings. The molecular weight excluding hydrogens is 234 g/mol. The number of aromatic carboxylic acids is 1. The van der Waals surface area contributed by atoms with Crippen LogP contribution in [0, 0.1) is 0 Å². The van der Waals surface area contributed by atoms with Gasteiger partial charge in [-0.05, 0) is 11.1 Å². The molecule has 1 aromatic carbocycles. The van der Waals surface area contributed by atoms with E-state index in [1.807, 2.05) is 0 Å². The zero-order valence-corrected chi connectivity index (χ0v) is 9.38. The van der Waals surface area contributed by atoms with E-state index in [0.717, 1.165) is 6.07 Å². The molecule has 5 nitrogen and oxygen atoms in total. The minimum Gasteiger partial charge on any atom is -0.478 e. The Morgan fingerprint density at radius 3 is 2.61 bits per heavy atom. The van der Waals surface area contributed by atoms with E-state index < -0.39 is 11.5 Å². The van der Waals surface area contributed by atoms with E-state index in [4.69, 9.17) is 5.11 Å². The highest BCUT2D eigenvalue weighted by Crippen LogP contribution is 2.25. The van der Waals surface area contributed by atoms with Crippen molar-refractivity contribution in [2.75, 3.05) is 0 Å². The fraction of sp³-hybridized carbons (Fsp3) is 0.0769. The Kier molecular flexibility index (Phi) is 3.25. The first-order valence-corrected chi connectivity index (χ1v) is 5.28. The Balaban J connectivity index is 2.71. The third-order valence-corrected chi connectivity index (χ3v) is 2.63. The number of benzene rings is 1. The number of aromatic amines is 1. The number of aliphatic hydroxyl groups is 1. The second kappa shape index (κ2) is 4.85. The van der Waals surface area contributed by atoms with Gasteiger partial charge < -0.3 is 15.2 Å². The number of rotatable bonds is 3. The predicted molar refractivity (Wildman–Crippen MR) is 65.4 cm³/mol. The number of aromatic nitrogens is 1. The van der Waals surface area contributed by atoms with Gasteiger partial charge in [-0.15, -0.1) is 0 Å². The van der Waals surface area contributed by atoms with Crippen LogP contribution in [0.25, 0.3) is 11.1 Å². The van der Waals surface area contributed by atoms with Gasteiger partial charge >= 0.3 is 5.97 Å². The summed E-state index contributed by atoms with van der Waals surface area (Å²) in [6.45, 7) is -0.200. The molecular formula is C13H11NO4. The number of carboxylic acid groups (broad SMARTS) is 1. The van der Waals surface area contributed by atoms with Crippen molar-refractivity contribution < 1.29 is 15.0 Å². The van der Waals surface area contributed by atoms with Gasteiger partial charge in [0.15, 0.2) is 0 Å². The zero-order valence-electron chi connectivity index (χ0n) is 9.38. The lowest BCUT2D eigenvalue weighted by molar-refractivity contribution is 0.0697. The Morgan fingerprint density at radius 1 is 1.22 bits per heavy atom. The summed E-state index contributed by atoms with van der Waals surface area (Å²) in [5.74, 6) is -1.18. The smallest absolute Gasteiger partial charge is 0.336 e. The van der Waals surface area contributed by atoms with E-state index in [0.29, 0.717) is 16.7 Å². The maximum atomic E-state index is 11.2. The molecule has 1 heterocycles. The number of H-pyrrole nitrogens is 1. The van der Waals surface area contributed by atoms with Gasteiger partial charge in [0.05, 0.1) is 12.2 Å². The van der Waals surface area contributed by atoms with Crippen LogP contribution in [0.3, 0.4) is 0 Å². The third-order valence-electron chi connectivity index (χ3n) is 2.63. The highest BCUT2D eigenvalue weighted by molar-refractivity contribution is 5.96. The Labute approximate surface area is 102 Å². The Morgan fingerprint density at radius 2 is 1.94 bits per heavy atom. The minimum absolute atomic E-state index is 0.0837. The highest BCUT2D eigenvalue weighted by atomic mass is 16.4. The topological polar surface area (TPSA) is 90.4 Å². The SMILES string of the molecule is O=C(O)c1cc(=O)[nH]cc1-c1ccccc1CO. The molecule has 0 atom stereocenters. The fourth-order valence-corrected chi connectivity index (χ4v) is 1.79. The van der Waals surface area contributed by atoms with Crippen LogP contribution >= 0.6 is 0 Å². The monoisotopic (exact) mass is 245 g/mol.